The summed E-state index contributed by atoms with van der Waals surface area (Å²) in [7, 11) is 0. The first-order valence-electron chi connectivity index (χ1n) is 7.16. The molecule has 0 saturated heterocycles. The van der Waals surface area contributed by atoms with Gasteiger partial charge in [0.25, 0.3) is 0 Å². The number of carbonyl (C=O) groups is 2. The van der Waals surface area contributed by atoms with Crippen LogP contribution in [0.25, 0.3) is 0 Å². The Morgan fingerprint density at radius 2 is 1.95 bits per heavy atom. The highest BCUT2D eigenvalue weighted by atomic mass is 32.1. The summed E-state index contributed by atoms with van der Waals surface area (Å²) in [5.74, 6) is 0.309. The number of aryl methyl sites for hydroxylation is 1. The zero-order valence-corrected chi connectivity index (χ0v) is 14.5. The zero-order chi connectivity index (χ0) is 16.1. The number of thiophene rings is 1. The SMILES string of the molecule is Cc1ccc(C(=O)CCC(=O)Nc2nnc(CC(C)C)s2)s1. The number of anilines is 1. The molecule has 0 saturated carbocycles. The highest BCUT2D eigenvalue weighted by Crippen LogP contribution is 2.20. The smallest absolute Gasteiger partial charge is 0.226 e. The molecule has 0 atom stereocenters. The lowest BCUT2D eigenvalue weighted by Gasteiger charge is -2.00. The Bertz CT molecular complexity index is 661. The van der Waals surface area contributed by atoms with Crippen molar-refractivity contribution >= 4 is 39.5 Å². The second kappa shape index (κ2) is 7.60. The van der Waals surface area contributed by atoms with Crippen molar-refractivity contribution < 1.29 is 9.59 Å². The summed E-state index contributed by atoms with van der Waals surface area (Å²) >= 11 is 2.85. The fourth-order valence-electron chi connectivity index (χ4n) is 1.85. The van der Waals surface area contributed by atoms with Gasteiger partial charge in [-0.3, -0.25) is 9.59 Å². The third kappa shape index (κ3) is 4.99. The number of amides is 1. The van der Waals surface area contributed by atoms with Crippen molar-refractivity contribution in [3.05, 3.63) is 26.9 Å². The van der Waals surface area contributed by atoms with E-state index in [1.807, 2.05) is 19.1 Å². The molecule has 0 fully saturated rings. The van der Waals surface area contributed by atoms with E-state index in [1.165, 1.54) is 22.7 Å². The standard InChI is InChI=1S/C15H19N3O2S2/c1-9(2)8-14-17-18-15(22-14)16-13(20)7-5-11(19)12-6-4-10(3)21-12/h4,6,9H,5,7-8H2,1-3H3,(H,16,18,20). The van der Waals surface area contributed by atoms with E-state index in [0.29, 0.717) is 15.9 Å². The largest absolute Gasteiger partial charge is 0.301 e. The number of hydrogen-bond acceptors (Lipinski definition) is 6. The van der Waals surface area contributed by atoms with Gasteiger partial charge in [-0.25, -0.2) is 0 Å². The van der Waals surface area contributed by atoms with Gasteiger partial charge in [0.05, 0.1) is 4.88 Å². The minimum Gasteiger partial charge on any atom is -0.301 e. The van der Waals surface area contributed by atoms with Gasteiger partial charge in [-0.05, 0) is 25.0 Å². The molecule has 0 aliphatic carbocycles. The molecular weight excluding hydrogens is 318 g/mol. The molecule has 0 aromatic carbocycles. The van der Waals surface area contributed by atoms with Crippen LogP contribution in [0, 0.1) is 12.8 Å². The van der Waals surface area contributed by atoms with E-state index >= 15 is 0 Å². The van der Waals surface area contributed by atoms with Crippen molar-refractivity contribution in [2.45, 2.75) is 40.0 Å². The van der Waals surface area contributed by atoms with E-state index < -0.39 is 0 Å². The van der Waals surface area contributed by atoms with Gasteiger partial charge < -0.3 is 5.32 Å². The minimum atomic E-state index is -0.200. The molecule has 2 aromatic rings. The maximum atomic E-state index is 11.9. The molecule has 2 heterocycles. The van der Waals surface area contributed by atoms with Crippen molar-refractivity contribution in [3.63, 3.8) is 0 Å². The second-order valence-electron chi connectivity index (χ2n) is 5.48. The lowest BCUT2D eigenvalue weighted by atomic mass is 10.1. The Kier molecular flexibility index (Phi) is 5.79. The average molecular weight is 337 g/mol. The van der Waals surface area contributed by atoms with E-state index in [2.05, 4.69) is 29.4 Å². The number of rotatable bonds is 7. The Balaban J connectivity index is 1.80. The molecule has 7 heteroatoms. The normalized spacial score (nSPS) is 10.9. The second-order valence-corrected chi connectivity index (χ2v) is 7.83. The molecular formula is C15H19N3O2S2. The molecule has 22 heavy (non-hydrogen) atoms. The van der Waals surface area contributed by atoms with Gasteiger partial charge in [-0.15, -0.1) is 21.5 Å². The van der Waals surface area contributed by atoms with Crippen LogP contribution in [0.4, 0.5) is 5.13 Å². The molecule has 0 aliphatic heterocycles. The van der Waals surface area contributed by atoms with E-state index in [-0.39, 0.29) is 24.5 Å². The molecule has 0 aliphatic rings. The number of Topliss-reactive ketones (excluding diaryl/α,β-unsaturated/α-hetero) is 1. The molecule has 0 bridgehead atoms. The Labute approximate surface area is 137 Å². The first-order chi connectivity index (χ1) is 10.4. The van der Waals surface area contributed by atoms with Crippen LogP contribution in [0.2, 0.25) is 0 Å². The van der Waals surface area contributed by atoms with Gasteiger partial charge in [0, 0.05) is 24.1 Å². The summed E-state index contributed by atoms with van der Waals surface area (Å²) in [5, 5.41) is 12.1. The van der Waals surface area contributed by atoms with Crippen LogP contribution >= 0.6 is 22.7 Å². The lowest BCUT2D eigenvalue weighted by molar-refractivity contribution is -0.116. The third-order valence-corrected chi connectivity index (χ3v) is 4.79. The first-order valence-corrected chi connectivity index (χ1v) is 8.79. The lowest BCUT2D eigenvalue weighted by Crippen LogP contribution is -2.13. The third-order valence-electron chi connectivity index (χ3n) is 2.89. The summed E-state index contributed by atoms with van der Waals surface area (Å²) in [6.45, 7) is 6.17. The monoisotopic (exact) mass is 337 g/mol. The van der Waals surface area contributed by atoms with Crippen LogP contribution in [0.5, 0.6) is 0 Å². The fraction of sp³-hybridized carbons (Fsp3) is 0.467. The van der Waals surface area contributed by atoms with Gasteiger partial charge in [-0.1, -0.05) is 25.2 Å². The van der Waals surface area contributed by atoms with Crippen LogP contribution in [0.1, 0.15) is 46.2 Å². The molecule has 5 nitrogen and oxygen atoms in total. The van der Waals surface area contributed by atoms with Crippen LogP contribution in [0.3, 0.4) is 0 Å². The van der Waals surface area contributed by atoms with Gasteiger partial charge in [0.1, 0.15) is 5.01 Å². The minimum absolute atomic E-state index is 0.00557. The maximum absolute atomic E-state index is 11.9. The van der Waals surface area contributed by atoms with Crippen molar-refractivity contribution in [2.24, 2.45) is 5.92 Å². The maximum Gasteiger partial charge on any atom is 0.226 e. The molecule has 0 unspecified atom stereocenters. The van der Waals surface area contributed by atoms with Crippen molar-refractivity contribution in [2.75, 3.05) is 5.32 Å². The molecule has 2 aromatic heterocycles. The number of hydrogen-bond donors (Lipinski definition) is 1. The van der Waals surface area contributed by atoms with Gasteiger partial charge in [0.15, 0.2) is 5.78 Å². The first kappa shape index (κ1) is 16.8. The molecule has 2 rings (SSSR count). The topological polar surface area (TPSA) is 72.0 Å². The molecule has 118 valence electrons. The number of ketones is 1. The number of nitrogens with one attached hydrogen (secondary N) is 1. The van der Waals surface area contributed by atoms with E-state index in [9.17, 15) is 9.59 Å². The van der Waals surface area contributed by atoms with E-state index in [4.69, 9.17) is 0 Å². The van der Waals surface area contributed by atoms with Gasteiger partial charge in [-0.2, -0.15) is 0 Å². The summed E-state index contributed by atoms with van der Waals surface area (Å²) in [5.41, 5.74) is 0. The predicted molar refractivity (Wildman–Crippen MR) is 89.7 cm³/mol. The van der Waals surface area contributed by atoms with Crippen molar-refractivity contribution in [1.29, 1.82) is 0 Å². The summed E-state index contributed by atoms with van der Waals surface area (Å²) in [6, 6.07) is 3.72. The van der Waals surface area contributed by atoms with Gasteiger partial charge >= 0.3 is 0 Å². The molecule has 1 amide bonds. The number of carbonyl (C=O) groups excluding carboxylic acids is 2. The van der Waals surface area contributed by atoms with Crippen molar-refractivity contribution in [3.8, 4) is 0 Å². The highest BCUT2D eigenvalue weighted by Gasteiger charge is 2.13. The summed E-state index contributed by atoms with van der Waals surface area (Å²) in [4.78, 5) is 25.6. The van der Waals surface area contributed by atoms with E-state index in [0.717, 1.165) is 16.3 Å². The predicted octanol–water partition coefficient (Wildman–Crippen LogP) is 3.71. The van der Waals surface area contributed by atoms with Crippen LogP contribution in [0.15, 0.2) is 12.1 Å². The fourth-order valence-corrected chi connectivity index (χ4v) is 3.66. The van der Waals surface area contributed by atoms with Crippen LogP contribution < -0.4 is 5.32 Å². The highest BCUT2D eigenvalue weighted by molar-refractivity contribution is 7.15. The molecule has 0 spiro atoms. The van der Waals surface area contributed by atoms with Gasteiger partial charge in [0.2, 0.25) is 11.0 Å². The summed E-state index contributed by atoms with van der Waals surface area (Å²) < 4.78 is 0. The Morgan fingerprint density at radius 1 is 1.18 bits per heavy atom. The Morgan fingerprint density at radius 3 is 2.59 bits per heavy atom. The van der Waals surface area contributed by atoms with Crippen molar-refractivity contribution in [1.82, 2.24) is 10.2 Å². The van der Waals surface area contributed by atoms with E-state index in [1.54, 1.807) is 0 Å². The molecule has 0 radical (unpaired) electrons. The number of aromatic nitrogens is 2. The summed E-state index contributed by atoms with van der Waals surface area (Å²) in [6.07, 6.45) is 1.22. The molecule has 1 N–H and O–H groups in total. The zero-order valence-electron chi connectivity index (χ0n) is 12.9. The quantitative estimate of drug-likeness (QED) is 0.782. The Hall–Kier alpha value is -1.60. The number of nitrogens with zero attached hydrogens (tertiary/aromatic N) is 2. The average Bonchev–Trinajstić information content (AvgIpc) is 3.05. The van der Waals surface area contributed by atoms with Crippen LogP contribution in [-0.4, -0.2) is 21.9 Å². The van der Waals surface area contributed by atoms with Crippen LogP contribution in [-0.2, 0) is 11.2 Å².